The summed E-state index contributed by atoms with van der Waals surface area (Å²) in [6.45, 7) is 8.64. The number of carbonyl (C=O) groups is 1. The molecule has 0 spiro atoms. The van der Waals surface area contributed by atoms with E-state index in [1.54, 1.807) is 6.07 Å². The molecule has 5 heteroatoms. The van der Waals surface area contributed by atoms with Gasteiger partial charge >= 0.3 is 0 Å². The van der Waals surface area contributed by atoms with Gasteiger partial charge in [0.05, 0.1) is 18.6 Å². The monoisotopic (exact) mass is 292 g/mol. The minimum atomic E-state index is -0.697. The van der Waals surface area contributed by atoms with Gasteiger partial charge in [-0.3, -0.25) is 4.79 Å². The van der Waals surface area contributed by atoms with Crippen molar-refractivity contribution >= 4 is 11.6 Å². The van der Waals surface area contributed by atoms with Crippen LogP contribution in [0.5, 0.6) is 11.5 Å². The lowest BCUT2D eigenvalue weighted by Crippen LogP contribution is -2.53. The van der Waals surface area contributed by atoms with Gasteiger partial charge in [-0.1, -0.05) is 0 Å². The van der Waals surface area contributed by atoms with Crippen molar-refractivity contribution in [2.45, 2.75) is 39.7 Å². The number of anilines is 1. The Bertz CT molecular complexity index is 533. The molecule has 1 aromatic carbocycles. The lowest BCUT2D eigenvalue weighted by Gasteiger charge is -2.36. The highest BCUT2D eigenvalue weighted by Gasteiger charge is 2.40. The van der Waals surface area contributed by atoms with Crippen LogP contribution in [0, 0.1) is 5.41 Å². The molecule has 0 aliphatic carbocycles. The zero-order chi connectivity index (χ0) is 15.7. The Morgan fingerprint density at radius 3 is 2.38 bits per heavy atom. The largest absolute Gasteiger partial charge is 0.490 e. The fraction of sp³-hybridized carbons (Fsp3) is 0.562. The number of fused-ring (bicyclic) bond motifs is 1. The van der Waals surface area contributed by atoms with Gasteiger partial charge in [-0.2, -0.15) is 0 Å². The number of carbonyl (C=O) groups excluding carboxylic acids is 1. The van der Waals surface area contributed by atoms with Crippen molar-refractivity contribution in [2.75, 3.05) is 18.5 Å². The molecule has 2 rings (SSSR count). The molecular weight excluding hydrogens is 268 g/mol. The number of amides is 1. The van der Waals surface area contributed by atoms with E-state index in [1.165, 1.54) is 0 Å². The average Bonchev–Trinajstić information content (AvgIpc) is 2.61. The number of nitrogens with one attached hydrogen (secondary N) is 1. The predicted molar refractivity (Wildman–Crippen MR) is 82.7 cm³/mol. The minimum Gasteiger partial charge on any atom is -0.490 e. The Morgan fingerprint density at radius 2 is 1.76 bits per heavy atom. The lowest BCUT2D eigenvalue weighted by molar-refractivity contribution is -0.126. The fourth-order valence-electron chi connectivity index (χ4n) is 1.82. The average molecular weight is 292 g/mol. The van der Waals surface area contributed by atoms with Crippen molar-refractivity contribution in [3.05, 3.63) is 18.2 Å². The summed E-state index contributed by atoms with van der Waals surface area (Å²) >= 11 is 0. The highest BCUT2D eigenvalue weighted by Crippen LogP contribution is 2.34. The molecule has 0 atom stereocenters. The third-order valence-electron chi connectivity index (χ3n) is 4.18. The minimum absolute atomic E-state index is 0.121. The molecule has 3 N–H and O–H groups in total. The highest BCUT2D eigenvalue weighted by atomic mass is 16.5. The van der Waals surface area contributed by atoms with Crippen molar-refractivity contribution in [1.29, 1.82) is 0 Å². The van der Waals surface area contributed by atoms with E-state index in [0.717, 1.165) is 6.42 Å². The summed E-state index contributed by atoms with van der Waals surface area (Å²) < 4.78 is 11.2. The number of hydrogen-bond acceptors (Lipinski definition) is 4. The Balaban J connectivity index is 2.17. The zero-order valence-corrected chi connectivity index (χ0v) is 13.2. The van der Waals surface area contributed by atoms with Crippen molar-refractivity contribution in [3.8, 4) is 11.5 Å². The van der Waals surface area contributed by atoms with Gasteiger partial charge < -0.3 is 20.5 Å². The predicted octanol–water partition coefficient (Wildman–Crippen LogP) is 2.55. The molecule has 0 unspecified atom stereocenters. The van der Waals surface area contributed by atoms with E-state index in [1.807, 2.05) is 39.8 Å². The van der Waals surface area contributed by atoms with Crippen LogP contribution in [0.25, 0.3) is 0 Å². The first-order valence-corrected chi connectivity index (χ1v) is 7.22. The van der Waals surface area contributed by atoms with Gasteiger partial charge in [-0.15, -0.1) is 0 Å². The van der Waals surface area contributed by atoms with E-state index in [2.05, 4.69) is 5.32 Å². The maximum atomic E-state index is 12.5. The molecule has 1 aliphatic rings. The van der Waals surface area contributed by atoms with Gasteiger partial charge in [0.1, 0.15) is 0 Å². The van der Waals surface area contributed by atoms with Crippen LogP contribution in [0.1, 0.15) is 34.1 Å². The third-order valence-corrected chi connectivity index (χ3v) is 4.18. The van der Waals surface area contributed by atoms with Gasteiger partial charge in [0.15, 0.2) is 11.5 Å². The maximum Gasteiger partial charge on any atom is 0.231 e. The quantitative estimate of drug-likeness (QED) is 0.898. The van der Waals surface area contributed by atoms with Gasteiger partial charge in [0.2, 0.25) is 5.91 Å². The zero-order valence-electron chi connectivity index (χ0n) is 13.2. The normalized spacial score (nSPS) is 15.3. The summed E-state index contributed by atoms with van der Waals surface area (Å²) in [5.74, 6) is 1.25. The molecular formula is C16H24N2O3. The second-order valence-electron chi connectivity index (χ2n) is 6.51. The van der Waals surface area contributed by atoms with E-state index >= 15 is 0 Å². The van der Waals surface area contributed by atoms with E-state index in [4.69, 9.17) is 15.2 Å². The van der Waals surface area contributed by atoms with Crippen LogP contribution in [0.3, 0.4) is 0 Å². The molecule has 0 saturated carbocycles. The van der Waals surface area contributed by atoms with Crippen LogP contribution in [-0.4, -0.2) is 24.7 Å². The van der Waals surface area contributed by atoms with Gasteiger partial charge in [-0.05, 0) is 39.8 Å². The summed E-state index contributed by atoms with van der Waals surface area (Å²) in [5, 5.41) is 2.90. The van der Waals surface area contributed by atoms with Crippen LogP contribution in [-0.2, 0) is 4.79 Å². The molecule has 0 fully saturated rings. The van der Waals surface area contributed by atoms with E-state index in [9.17, 15) is 4.79 Å². The summed E-state index contributed by atoms with van der Waals surface area (Å²) in [5.41, 5.74) is 5.46. The summed E-state index contributed by atoms with van der Waals surface area (Å²) in [6.07, 6.45) is 0.852. The van der Waals surface area contributed by atoms with E-state index < -0.39 is 11.0 Å². The van der Waals surface area contributed by atoms with Crippen LogP contribution >= 0.6 is 0 Å². The standard InChI is InChI=1S/C16H24N2O3/c1-15(2,16(3,4)17)14(19)18-11-6-7-12-13(10-11)21-9-5-8-20-12/h6-7,10H,5,8-9,17H2,1-4H3,(H,18,19). The molecule has 1 amide bonds. The number of ether oxygens (including phenoxy) is 2. The summed E-state index contributed by atoms with van der Waals surface area (Å²) in [7, 11) is 0. The van der Waals surface area contributed by atoms with Crippen molar-refractivity contribution in [1.82, 2.24) is 0 Å². The van der Waals surface area contributed by atoms with Crippen LogP contribution in [0.15, 0.2) is 18.2 Å². The second kappa shape index (κ2) is 5.56. The number of benzene rings is 1. The van der Waals surface area contributed by atoms with Gasteiger partial charge in [0, 0.05) is 23.7 Å². The smallest absolute Gasteiger partial charge is 0.231 e. The van der Waals surface area contributed by atoms with E-state index in [0.29, 0.717) is 30.4 Å². The number of nitrogens with two attached hydrogens (primary N) is 1. The van der Waals surface area contributed by atoms with Crippen LogP contribution in [0.2, 0.25) is 0 Å². The third kappa shape index (κ3) is 3.29. The molecule has 1 heterocycles. The lowest BCUT2D eigenvalue weighted by atomic mass is 9.74. The molecule has 0 saturated heterocycles. The first-order valence-electron chi connectivity index (χ1n) is 7.22. The molecule has 21 heavy (non-hydrogen) atoms. The highest BCUT2D eigenvalue weighted by molar-refractivity contribution is 5.96. The first kappa shape index (κ1) is 15.6. The van der Waals surface area contributed by atoms with Gasteiger partial charge in [-0.25, -0.2) is 0 Å². The van der Waals surface area contributed by atoms with Crippen molar-refractivity contribution < 1.29 is 14.3 Å². The summed E-state index contributed by atoms with van der Waals surface area (Å²) in [4.78, 5) is 12.5. The van der Waals surface area contributed by atoms with Crippen LogP contribution < -0.4 is 20.5 Å². The maximum absolute atomic E-state index is 12.5. The van der Waals surface area contributed by atoms with Gasteiger partial charge in [0.25, 0.3) is 0 Å². The Hall–Kier alpha value is -1.75. The first-order chi connectivity index (χ1) is 9.72. The Morgan fingerprint density at radius 1 is 1.14 bits per heavy atom. The Kier molecular flexibility index (Phi) is 4.14. The molecule has 1 aromatic rings. The van der Waals surface area contributed by atoms with Crippen molar-refractivity contribution in [3.63, 3.8) is 0 Å². The molecule has 0 bridgehead atoms. The Labute approximate surface area is 125 Å². The summed E-state index contributed by atoms with van der Waals surface area (Å²) in [6, 6.07) is 5.42. The number of rotatable bonds is 3. The van der Waals surface area contributed by atoms with Crippen LogP contribution in [0.4, 0.5) is 5.69 Å². The topological polar surface area (TPSA) is 73.6 Å². The van der Waals surface area contributed by atoms with E-state index in [-0.39, 0.29) is 5.91 Å². The number of hydrogen-bond donors (Lipinski definition) is 2. The second-order valence-corrected chi connectivity index (χ2v) is 6.51. The molecule has 0 aromatic heterocycles. The molecule has 5 nitrogen and oxygen atoms in total. The SMILES string of the molecule is CC(C)(N)C(C)(C)C(=O)Nc1ccc2c(c1)OCCCO2. The fourth-order valence-corrected chi connectivity index (χ4v) is 1.82. The molecule has 1 aliphatic heterocycles. The molecule has 116 valence electrons. The molecule has 0 radical (unpaired) electrons. The van der Waals surface area contributed by atoms with Crippen molar-refractivity contribution in [2.24, 2.45) is 11.1 Å².